The Morgan fingerprint density at radius 1 is 1.30 bits per heavy atom. The minimum Gasteiger partial charge on any atom is -0.378 e. The van der Waals surface area contributed by atoms with E-state index < -0.39 is 0 Å². The Morgan fingerprint density at radius 3 is 2.80 bits per heavy atom. The molecule has 1 aliphatic heterocycles. The van der Waals surface area contributed by atoms with E-state index in [4.69, 9.17) is 4.74 Å². The number of benzene rings is 1. The number of carbonyl (C=O) groups excluding carboxylic acids is 1. The van der Waals surface area contributed by atoms with Gasteiger partial charge < -0.3 is 15.0 Å². The molecule has 1 N–H and O–H groups in total. The Hall–Kier alpha value is -2.51. The zero-order chi connectivity index (χ0) is 20.9. The van der Waals surface area contributed by atoms with Crippen LogP contribution in [0.25, 0.3) is 0 Å². The van der Waals surface area contributed by atoms with E-state index in [1.165, 1.54) is 12.1 Å². The van der Waals surface area contributed by atoms with Crippen LogP contribution in [0.3, 0.4) is 0 Å². The molecule has 2 heterocycles. The molecule has 1 atom stereocenters. The highest BCUT2D eigenvalue weighted by Gasteiger charge is 2.31. The number of nitrogens with zero attached hydrogens (tertiary/aromatic N) is 3. The Bertz CT molecular complexity index is 887. The third-order valence-corrected chi connectivity index (χ3v) is 5.91. The quantitative estimate of drug-likeness (QED) is 0.710. The Morgan fingerprint density at radius 2 is 2.07 bits per heavy atom. The van der Waals surface area contributed by atoms with Gasteiger partial charge in [0.15, 0.2) is 5.69 Å². The molecule has 1 saturated heterocycles. The average Bonchev–Trinajstić information content (AvgIpc) is 3.13. The fourth-order valence-corrected chi connectivity index (χ4v) is 4.30. The van der Waals surface area contributed by atoms with Crippen LogP contribution in [0, 0.1) is 5.82 Å². The smallest absolute Gasteiger partial charge is 0.274 e. The summed E-state index contributed by atoms with van der Waals surface area (Å²) in [6.07, 6.45) is 5.36. The molecule has 1 amide bonds. The first-order valence-electron chi connectivity index (χ1n) is 10.7. The van der Waals surface area contributed by atoms with Crippen LogP contribution in [0.2, 0.25) is 0 Å². The third-order valence-electron chi connectivity index (χ3n) is 5.91. The number of hydrogen-bond donors (Lipinski definition) is 1. The molecule has 0 bridgehead atoms. The van der Waals surface area contributed by atoms with Crippen molar-refractivity contribution in [3.8, 4) is 0 Å². The minimum absolute atomic E-state index is 0.00400. The lowest BCUT2D eigenvalue weighted by Gasteiger charge is -2.28. The van der Waals surface area contributed by atoms with Crippen LogP contribution in [0.5, 0.6) is 0 Å². The van der Waals surface area contributed by atoms with Crippen LogP contribution in [0.4, 0.5) is 4.39 Å². The topological polar surface area (TPSA) is 59.4 Å². The van der Waals surface area contributed by atoms with Crippen molar-refractivity contribution in [1.82, 2.24) is 20.0 Å². The highest BCUT2D eigenvalue weighted by molar-refractivity contribution is 5.94. The maximum atomic E-state index is 13.1. The standard InChI is InChI=1S/C23H29FN4O2/c1-2-11-28-21-8-7-19(25-10-9-17-3-5-18(24)6-4-17)16-20(21)22(26-28)23(29)27-12-14-30-15-13-27/h2-6,19,25H,1,7-16H2. The SMILES string of the molecule is C=CCn1nc(C(=O)N2CCOCC2)c2c1CCC(NCCc1ccc(F)cc1)C2. The molecule has 0 spiro atoms. The van der Waals surface area contributed by atoms with Crippen molar-refractivity contribution in [3.05, 3.63) is 65.3 Å². The van der Waals surface area contributed by atoms with Crippen LogP contribution in [-0.2, 0) is 30.5 Å². The van der Waals surface area contributed by atoms with Crippen molar-refractivity contribution < 1.29 is 13.9 Å². The van der Waals surface area contributed by atoms with Crippen molar-refractivity contribution in [3.63, 3.8) is 0 Å². The first-order valence-corrected chi connectivity index (χ1v) is 10.7. The Kier molecular flexibility index (Phi) is 6.59. The number of ether oxygens (including phenoxy) is 1. The van der Waals surface area contributed by atoms with Gasteiger partial charge in [-0.3, -0.25) is 9.48 Å². The molecule has 1 aromatic carbocycles. The number of nitrogens with one attached hydrogen (secondary N) is 1. The number of carbonyl (C=O) groups is 1. The van der Waals surface area contributed by atoms with Gasteiger partial charge in [0.25, 0.3) is 5.91 Å². The fraction of sp³-hybridized carbons (Fsp3) is 0.478. The molecule has 2 aliphatic rings. The van der Waals surface area contributed by atoms with Gasteiger partial charge >= 0.3 is 0 Å². The number of morpholine rings is 1. The number of fused-ring (bicyclic) bond motifs is 1. The summed E-state index contributed by atoms with van der Waals surface area (Å²) in [6, 6.07) is 6.96. The Labute approximate surface area is 176 Å². The molecule has 6 nitrogen and oxygen atoms in total. The van der Waals surface area contributed by atoms with Gasteiger partial charge in [-0.25, -0.2) is 4.39 Å². The Balaban J connectivity index is 1.44. The van der Waals surface area contributed by atoms with E-state index in [1.807, 2.05) is 27.8 Å². The first kappa shape index (κ1) is 20.8. The van der Waals surface area contributed by atoms with Gasteiger partial charge in [0.1, 0.15) is 5.82 Å². The maximum Gasteiger partial charge on any atom is 0.274 e. The predicted octanol–water partition coefficient (Wildman–Crippen LogP) is 2.37. The van der Waals surface area contributed by atoms with E-state index in [1.54, 1.807) is 0 Å². The van der Waals surface area contributed by atoms with Crippen LogP contribution in [0.1, 0.15) is 33.7 Å². The lowest BCUT2D eigenvalue weighted by atomic mass is 9.91. The first-order chi connectivity index (χ1) is 14.7. The van der Waals surface area contributed by atoms with Crippen LogP contribution in [0.15, 0.2) is 36.9 Å². The van der Waals surface area contributed by atoms with E-state index in [0.29, 0.717) is 44.6 Å². The van der Waals surface area contributed by atoms with Gasteiger partial charge in [-0.1, -0.05) is 18.2 Å². The molecular formula is C23H29FN4O2. The summed E-state index contributed by atoms with van der Waals surface area (Å²) < 4.78 is 20.4. The summed E-state index contributed by atoms with van der Waals surface area (Å²) in [7, 11) is 0. The summed E-state index contributed by atoms with van der Waals surface area (Å²) in [6.45, 7) is 7.64. The molecule has 4 rings (SSSR count). The van der Waals surface area contributed by atoms with Crippen molar-refractivity contribution in [2.24, 2.45) is 0 Å². The molecule has 30 heavy (non-hydrogen) atoms. The van der Waals surface area contributed by atoms with Crippen molar-refractivity contribution in [1.29, 1.82) is 0 Å². The second kappa shape index (κ2) is 9.53. The number of hydrogen-bond acceptors (Lipinski definition) is 4. The van der Waals surface area contributed by atoms with Crippen LogP contribution in [-0.4, -0.2) is 59.5 Å². The van der Waals surface area contributed by atoms with Crippen molar-refractivity contribution in [2.45, 2.75) is 38.3 Å². The molecule has 1 unspecified atom stereocenters. The van der Waals surface area contributed by atoms with E-state index in [0.717, 1.165) is 49.0 Å². The molecule has 0 saturated carbocycles. The number of rotatable bonds is 7. The van der Waals surface area contributed by atoms with E-state index >= 15 is 0 Å². The van der Waals surface area contributed by atoms with Gasteiger partial charge in [0, 0.05) is 30.4 Å². The zero-order valence-electron chi connectivity index (χ0n) is 17.3. The number of halogens is 1. The third kappa shape index (κ3) is 4.63. The van der Waals surface area contributed by atoms with Gasteiger partial charge in [-0.2, -0.15) is 5.10 Å². The monoisotopic (exact) mass is 412 g/mol. The molecular weight excluding hydrogens is 383 g/mol. The number of allylic oxidation sites excluding steroid dienone is 1. The van der Waals surface area contributed by atoms with Gasteiger partial charge in [-0.05, 0) is 49.9 Å². The summed E-state index contributed by atoms with van der Waals surface area (Å²) in [5.74, 6) is -0.204. The summed E-state index contributed by atoms with van der Waals surface area (Å²) in [5, 5.41) is 8.29. The fourth-order valence-electron chi connectivity index (χ4n) is 4.30. The van der Waals surface area contributed by atoms with Crippen LogP contribution >= 0.6 is 0 Å². The summed E-state index contributed by atoms with van der Waals surface area (Å²) in [5.41, 5.74) is 3.92. The lowest BCUT2D eigenvalue weighted by molar-refractivity contribution is 0.0297. The second-order valence-corrected chi connectivity index (χ2v) is 7.92. The lowest BCUT2D eigenvalue weighted by Crippen LogP contribution is -2.42. The van der Waals surface area contributed by atoms with Gasteiger partial charge in [-0.15, -0.1) is 6.58 Å². The number of amides is 1. The predicted molar refractivity (Wildman–Crippen MR) is 113 cm³/mol. The van der Waals surface area contributed by atoms with Crippen molar-refractivity contribution >= 4 is 5.91 Å². The highest BCUT2D eigenvalue weighted by atomic mass is 19.1. The van der Waals surface area contributed by atoms with Crippen LogP contribution < -0.4 is 5.32 Å². The molecule has 7 heteroatoms. The molecule has 1 fully saturated rings. The van der Waals surface area contributed by atoms with Gasteiger partial charge in [0.2, 0.25) is 0 Å². The van der Waals surface area contributed by atoms with E-state index in [9.17, 15) is 9.18 Å². The zero-order valence-corrected chi connectivity index (χ0v) is 17.3. The second-order valence-electron chi connectivity index (χ2n) is 7.92. The molecule has 160 valence electrons. The molecule has 0 radical (unpaired) electrons. The van der Waals surface area contributed by atoms with Crippen molar-refractivity contribution in [2.75, 3.05) is 32.8 Å². The van der Waals surface area contributed by atoms with Gasteiger partial charge in [0.05, 0.1) is 19.8 Å². The largest absolute Gasteiger partial charge is 0.378 e. The van der Waals surface area contributed by atoms with E-state index in [2.05, 4.69) is 17.0 Å². The minimum atomic E-state index is -0.208. The normalized spacial score (nSPS) is 18.8. The number of aromatic nitrogens is 2. The maximum absolute atomic E-state index is 13.1. The highest BCUT2D eigenvalue weighted by Crippen LogP contribution is 2.26. The van der Waals surface area contributed by atoms with E-state index in [-0.39, 0.29) is 11.7 Å². The summed E-state index contributed by atoms with van der Waals surface area (Å²) >= 11 is 0. The molecule has 2 aromatic rings. The summed E-state index contributed by atoms with van der Waals surface area (Å²) in [4.78, 5) is 15.0. The molecule has 1 aromatic heterocycles. The molecule has 1 aliphatic carbocycles. The average molecular weight is 413 g/mol.